The van der Waals surface area contributed by atoms with E-state index in [0.717, 1.165) is 27.5 Å². The van der Waals surface area contributed by atoms with Crippen LogP contribution in [0.25, 0.3) is 27.5 Å². The summed E-state index contributed by atoms with van der Waals surface area (Å²) in [5, 5.41) is 24.9. The molecule has 0 unspecified atom stereocenters. The van der Waals surface area contributed by atoms with E-state index in [4.69, 9.17) is 4.98 Å². The average Bonchev–Trinajstić information content (AvgIpc) is 3.08. The van der Waals surface area contributed by atoms with Gasteiger partial charge in [0.2, 0.25) is 0 Å². The minimum absolute atomic E-state index is 0.163. The van der Waals surface area contributed by atoms with E-state index in [2.05, 4.69) is 41.5 Å². The summed E-state index contributed by atoms with van der Waals surface area (Å²) in [6.07, 6.45) is 1.93. The smallest absolute Gasteiger partial charge is 0.147 e. The van der Waals surface area contributed by atoms with E-state index >= 15 is 0 Å². The Balaban J connectivity index is 2.04. The van der Waals surface area contributed by atoms with Crippen LogP contribution < -0.4 is 0 Å². The monoisotopic (exact) mass is 374 g/mol. The van der Waals surface area contributed by atoms with E-state index in [9.17, 15) is 10.2 Å². The third-order valence-corrected chi connectivity index (χ3v) is 8.06. The lowest BCUT2D eigenvalue weighted by atomic mass is 9.59. The van der Waals surface area contributed by atoms with Crippen LogP contribution in [0.2, 0.25) is 0 Å². The molecule has 0 aliphatic heterocycles. The molecule has 2 heterocycles. The SMILES string of the molecule is CC1(C)c2c(c(O)c3c(nc4c5ccccc5ccn43)c2O)C(C)(C)C1(C)C. The Hall–Kier alpha value is -2.75. The summed E-state index contributed by atoms with van der Waals surface area (Å²) in [6, 6.07) is 10.1. The predicted octanol–water partition coefficient (Wildman–Crippen LogP) is 5.65. The third kappa shape index (κ3) is 1.66. The number of rotatable bonds is 0. The van der Waals surface area contributed by atoms with E-state index in [1.54, 1.807) is 0 Å². The zero-order chi connectivity index (χ0) is 20.2. The van der Waals surface area contributed by atoms with Crippen LogP contribution in [0.15, 0.2) is 36.5 Å². The number of phenolic OH excluding ortho intramolecular Hbond substituents is 2. The number of benzene rings is 2. The van der Waals surface area contributed by atoms with Crippen LogP contribution in [0.5, 0.6) is 11.5 Å². The molecule has 0 fully saturated rings. The molecule has 0 atom stereocenters. The van der Waals surface area contributed by atoms with Crippen LogP contribution in [0.4, 0.5) is 0 Å². The molecular formula is C24H26N2O2. The van der Waals surface area contributed by atoms with Crippen molar-refractivity contribution in [3.8, 4) is 11.5 Å². The van der Waals surface area contributed by atoms with Crippen molar-refractivity contribution in [2.45, 2.75) is 52.4 Å². The molecular weight excluding hydrogens is 348 g/mol. The summed E-state index contributed by atoms with van der Waals surface area (Å²) in [7, 11) is 0. The summed E-state index contributed by atoms with van der Waals surface area (Å²) < 4.78 is 1.90. The molecule has 2 aromatic carbocycles. The van der Waals surface area contributed by atoms with Crippen molar-refractivity contribution in [2.75, 3.05) is 0 Å². The van der Waals surface area contributed by atoms with E-state index in [1.165, 1.54) is 0 Å². The van der Waals surface area contributed by atoms with Crippen LogP contribution in [0.1, 0.15) is 52.7 Å². The Labute approximate surface area is 164 Å². The molecule has 5 rings (SSSR count). The van der Waals surface area contributed by atoms with Gasteiger partial charge in [0, 0.05) is 22.7 Å². The molecule has 0 saturated carbocycles. The summed E-state index contributed by atoms with van der Waals surface area (Å²) in [5.41, 5.74) is 2.65. The summed E-state index contributed by atoms with van der Waals surface area (Å²) in [4.78, 5) is 4.80. The first-order valence-electron chi connectivity index (χ1n) is 9.80. The number of fused-ring (bicyclic) bond motifs is 6. The number of phenols is 2. The Morgan fingerprint density at radius 2 is 1.43 bits per heavy atom. The maximum Gasteiger partial charge on any atom is 0.147 e. The van der Waals surface area contributed by atoms with Gasteiger partial charge in [-0.2, -0.15) is 0 Å². The maximum absolute atomic E-state index is 11.5. The second kappa shape index (κ2) is 4.80. The van der Waals surface area contributed by atoms with Crippen molar-refractivity contribution in [1.82, 2.24) is 9.38 Å². The summed E-state index contributed by atoms with van der Waals surface area (Å²) in [5.74, 6) is 0.425. The summed E-state index contributed by atoms with van der Waals surface area (Å²) >= 11 is 0. The van der Waals surface area contributed by atoms with E-state index in [0.29, 0.717) is 11.0 Å². The largest absolute Gasteiger partial charge is 0.505 e. The first-order chi connectivity index (χ1) is 13.0. The van der Waals surface area contributed by atoms with Gasteiger partial charge in [0.05, 0.1) is 0 Å². The fraction of sp³-hybridized carbons (Fsp3) is 0.375. The van der Waals surface area contributed by atoms with Crippen LogP contribution in [-0.4, -0.2) is 19.6 Å². The Morgan fingerprint density at radius 1 is 0.821 bits per heavy atom. The topological polar surface area (TPSA) is 57.8 Å². The van der Waals surface area contributed by atoms with Gasteiger partial charge in [-0.05, 0) is 27.7 Å². The average molecular weight is 374 g/mol. The molecule has 1 aliphatic rings. The predicted molar refractivity (Wildman–Crippen MR) is 113 cm³/mol. The molecule has 2 aromatic heterocycles. The summed E-state index contributed by atoms with van der Waals surface area (Å²) in [6.45, 7) is 13.0. The van der Waals surface area contributed by atoms with Gasteiger partial charge in [-0.3, -0.25) is 4.40 Å². The number of imidazole rings is 1. The molecule has 4 aromatic rings. The standard InChI is InChI=1S/C24H26N2O2/c1-22(2)15-16(23(3,4)24(22,5)6)20(28)18-17(19(15)27)25-21-14-10-8-7-9-13(14)11-12-26(18)21/h7-12,27-28H,1-6H3. The van der Waals surface area contributed by atoms with E-state index < -0.39 is 0 Å². The fourth-order valence-corrected chi connectivity index (χ4v) is 5.26. The van der Waals surface area contributed by atoms with Crippen molar-refractivity contribution in [2.24, 2.45) is 5.41 Å². The van der Waals surface area contributed by atoms with Gasteiger partial charge >= 0.3 is 0 Å². The highest BCUT2D eigenvalue weighted by atomic mass is 16.3. The van der Waals surface area contributed by atoms with E-state index in [1.807, 2.05) is 40.9 Å². The molecule has 0 amide bonds. The number of pyridine rings is 1. The van der Waals surface area contributed by atoms with Crippen molar-refractivity contribution in [3.63, 3.8) is 0 Å². The fourth-order valence-electron chi connectivity index (χ4n) is 5.26. The third-order valence-electron chi connectivity index (χ3n) is 8.06. The zero-order valence-electron chi connectivity index (χ0n) is 17.3. The van der Waals surface area contributed by atoms with Crippen molar-refractivity contribution >= 4 is 27.5 Å². The zero-order valence-corrected chi connectivity index (χ0v) is 17.3. The quantitative estimate of drug-likeness (QED) is 0.391. The first kappa shape index (κ1) is 17.4. The Morgan fingerprint density at radius 3 is 2.11 bits per heavy atom. The second-order valence-corrected chi connectivity index (χ2v) is 9.73. The number of hydrogen-bond acceptors (Lipinski definition) is 3. The minimum Gasteiger partial charge on any atom is -0.505 e. The van der Waals surface area contributed by atoms with Crippen LogP contribution in [0.3, 0.4) is 0 Å². The molecule has 28 heavy (non-hydrogen) atoms. The number of nitrogens with zero attached hydrogens (tertiary/aromatic N) is 2. The van der Waals surface area contributed by atoms with Gasteiger partial charge in [0.1, 0.15) is 28.2 Å². The van der Waals surface area contributed by atoms with Gasteiger partial charge in [-0.1, -0.05) is 65.8 Å². The van der Waals surface area contributed by atoms with Gasteiger partial charge in [-0.25, -0.2) is 4.98 Å². The van der Waals surface area contributed by atoms with Crippen molar-refractivity contribution in [1.29, 1.82) is 0 Å². The molecule has 1 aliphatic carbocycles. The number of aromatic hydroxyl groups is 2. The highest BCUT2D eigenvalue weighted by molar-refractivity contribution is 6.02. The van der Waals surface area contributed by atoms with Crippen LogP contribution in [0, 0.1) is 5.41 Å². The number of hydrogen-bond donors (Lipinski definition) is 2. The first-order valence-corrected chi connectivity index (χ1v) is 9.80. The van der Waals surface area contributed by atoms with Crippen molar-refractivity contribution < 1.29 is 10.2 Å². The molecule has 4 nitrogen and oxygen atoms in total. The highest BCUT2D eigenvalue weighted by Crippen LogP contribution is 2.66. The minimum atomic E-state index is -0.320. The molecule has 0 bridgehead atoms. The Kier molecular flexibility index (Phi) is 2.98. The second-order valence-electron chi connectivity index (χ2n) is 9.73. The van der Waals surface area contributed by atoms with Gasteiger partial charge in [-0.15, -0.1) is 0 Å². The van der Waals surface area contributed by atoms with Crippen LogP contribution >= 0.6 is 0 Å². The molecule has 144 valence electrons. The van der Waals surface area contributed by atoms with Gasteiger partial charge in [0.25, 0.3) is 0 Å². The van der Waals surface area contributed by atoms with Gasteiger partial charge in [0.15, 0.2) is 0 Å². The van der Waals surface area contributed by atoms with E-state index in [-0.39, 0.29) is 27.7 Å². The molecule has 0 saturated heterocycles. The molecule has 0 spiro atoms. The lowest BCUT2D eigenvalue weighted by Crippen LogP contribution is -2.42. The normalized spacial score (nSPS) is 19.5. The lowest BCUT2D eigenvalue weighted by Gasteiger charge is -2.44. The van der Waals surface area contributed by atoms with Gasteiger partial charge < -0.3 is 10.2 Å². The number of aromatic nitrogens is 2. The Bertz CT molecular complexity index is 1310. The molecule has 2 N–H and O–H groups in total. The maximum atomic E-state index is 11.5. The highest BCUT2D eigenvalue weighted by Gasteiger charge is 2.60. The van der Waals surface area contributed by atoms with Crippen molar-refractivity contribution in [3.05, 3.63) is 47.7 Å². The van der Waals surface area contributed by atoms with Crippen LogP contribution in [-0.2, 0) is 10.8 Å². The molecule has 4 heteroatoms. The molecule has 0 radical (unpaired) electrons. The lowest BCUT2D eigenvalue weighted by molar-refractivity contribution is 0.123.